The van der Waals surface area contributed by atoms with Gasteiger partial charge < -0.3 is 30.2 Å². The summed E-state index contributed by atoms with van der Waals surface area (Å²) in [6.45, 7) is 5.69. The Labute approximate surface area is 259 Å². The number of aliphatic hydroxyl groups is 1. The SMILES string of the molecule is CC(=O)CCC1CN(c2ccc(Nc3cc(-c4ccc5cc(C#N)cnn45)ncc3C(=O)NC[C@@H](F)C(C)(C)O)cn2)CCO1. The standard InChI is InChI=1S/C32H35FN8O4/c1-20(42)4-7-24-19-40(10-11-45-24)30-9-5-22(16-36-30)39-26-13-27(28-8-6-23-12-21(14-34)15-38-41(23)28)35-17-25(26)31(43)37-18-29(33)32(2,3)44/h5-6,8-9,12-13,15-17,24,29,44H,4,7,10-11,18-19H2,1-3H3,(H,35,39)(H,37,43)/t24?,29-/m1/s1. The van der Waals surface area contributed by atoms with Crippen molar-refractivity contribution in [3.05, 3.63) is 66.1 Å². The fourth-order valence-corrected chi connectivity index (χ4v) is 4.93. The molecule has 1 aliphatic rings. The van der Waals surface area contributed by atoms with E-state index in [-0.39, 0.29) is 24.0 Å². The Morgan fingerprint density at radius 2 is 2.02 bits per heavy atom. The van der Waals surface area contributed by atoms with Crippen molar-refractivity contribution in [1.82, 2.24) is 24.9 Å². The minimum absolute atomic E-state index is 0.0509. The Morgan fingerprint density at radius 3 is 2.73 bits per heavy atom. The van der Waals surface area contributed by atoms with Gasteiger partial charge in [-0.3, -0.25) is 9.78 Å². The van der Waals surface area contributed by atoms with E-state index in [2.05, 4.69) is 36.7 Å². The number of carbonyl (C=O) groups excluding carboxylic acids is 2. The highest BCUT2D eigenvalue weighted by Crippen LogP contribution is 2.28. The summed E-state index contributed by atoms with van der Waals surface area (Å²) in [5.74, 6) is 0.316. The summed E-state index contributed by atoms with van der Waals surface area (Å²) in [4.78, 5) is 35.9. The zero-order valence-corrected chi connectivity index (χ0v) is 25.3. The van der Waals surface area contributed by atoms with Crippen LogP contribution in [0.4, 0.5) is 21.6 Å². The quantitative estimate of drug-likeness (QED) is 0.227. The number of nitrogens with one attached hydrogen (secondary N) is 2. The fraction of sp³-hybridized carbons (Fsp3) is 0.375. The minimum Gasteiger partial charge on any atom is -0.387 e. The molecule has 1 saturated heterocycles. The molecule has 0 aliphatic carbocycles. The zero-order valence-electron chi connectivity index (χ0n) is 25.3. The molecular formula is C32H35FN8O4. The van der Waals surface area contributed by atoms with Crippen LogP contribution in [0.5, 0.6) is 0 Å². The number of pyridine rings is 2. The molecule has 0 saturated carbocycles. The van der Waals surface area contributed by atoms with Crippen LogP contribution in [0.1, 0.15) is 49.5 Å². The van der Waals surface area contributed by atoms with Gasteiger partial charge in [-0.05, 0) is 63.6 Å². The number of nitrogens with zero attached hydrogens (tertiary/aromatic N) is 6. The number of hydrogen-bond donors (Lipinski definition) is 3. The number of alkyl halides is 1. The largest absolute Gasteiger partial charge is 0.387 e. The number of morpholine rings is 1. The molecule has 5 rings (SSSR count). The first-order valence-electron chi connectivity index (χ1n) is 14.6. The van der Waals surface area contributed by atoms with Crippen LogP contribution in [-0.2, 0) is 9.53 Å². The number of nitriles is 1. The van der Waals surface area contributed by atoms with Crippen molar-refractivity contribution >= 4 is 34.4 Å². The lowest BCUT2D eigenvalue weighted by molar-refractivity contribution is -0.117. The van der Waals surface area contributed by atoms with Gasteiger partial charge in [-0.2, -0.15) is 10.4 Å². The molecule has 1 amide bonds. The first-order valence-corrected chi connectivity index (χ1v) is 14.6. The molecule has 4 aromatic heterocycles. The second-order valence-electron chi connectivity index (χ2n) is 11.6. The Kier molecular flexibility index (Phi) is 9.36. The van der Waals surface area contributed by atoms with E-state index in [0.29, 0.717) is 66.4 Å². The average molecular weight is 615 g/mol. The molecule has 13 heteroatoms. The zero-order chi connectivity index (χ0) is 32.1. The van der Waals surface area contributed by atoms with Gasteiger partial charge in [0.05, 0.1) is 76.7 Å². The second kappa shape index (κ2) is 13.4. The van der Waals surface area contributed by atoms with Crippen LogP contribution >= 0.6 is 0 Å². The van der Waals surface area contributed by atoms with E-state index in [1.54, 1.807) is 29.8 Å². The minimum atomic E-state index is -1.68. The van der Waals surface area contributed by atoms with Crippen molar-refractivity contribution in [1.29, 1.82) is 5.26 Å². The molecule has 12 nitrogen and oxygen atoms in total. The van der Waals surface area contributed by atoms with E-state index in [1.807, 2.05) is 24.3 Å². The first-order chi connectivity index (χ1) is 21.5. The smallest absolute Gasteiger partial charge is 0.255 e. The lowest BCUT2D eigenvalue weighted by Crippen LogP contribution is -2.43. The molecule has 5 heterocycles. The molecule has 45 heavy (non-hydrogen) atoms. The lowest BCUT2D eigenvalue weighted by Gasteiger charge is -2.33. The number of aromatic nitrogens is 4. The number of fused-ring (bicyclic) bond motifs is 1. The highest BCUT2D eigenvalue weighted by molar-refractivity contribution is 6.00. The number of ether oxygens (including phenoxy) is 1. The van der Waals surface area contributed by atoms with Gasteiger partial charge in [-0.15, -0.1) is 0 Å². The predicted molar refractivity (Wildman–Crippen MR) is 166 cm³/mol. The van der Waals surface area contributed by atoms with Gasteiger partial charge in [-0.1, -0.05) is 0 Å². The monoisotopic (exact) mass is 614 g/mol. The first kappa shape index (κ1) is 31.5. The van der Waals surface area contributed by atoms with E-state index in [1.165, 1.54) is 26.2 Å². The van der Waals surface area contributed by atoms with E-state index in [9.17, 15) is 24.3 Å². The van der Waals surface area contributed by atoms with Gasteiger partial charge >= 0.3 is 0 Å². The molecule has 0 bridgehead atoms. The highest BCUT2D eigenvalue weighted by atomic mass is 19.1. The predicted octanol–water partition coefficient (Wildman–Crippen LogP) is 3.82. The van der Waals surface area contributed by atoms with Crippen LogP contribution in [0.3, 0.4) is 0 Å². The van der Waals surface area contributed by atoms with E-state index in [4.69, 9.17) is 4.74 Å². The lowest BCUT2D eigenvalue weighted by atomic mass is 10.0. The summed E-state index contributed by atoms with van der Waals surface area (Å²) in [6.07, 6.45) is 3.90. The molecule has 1 unspecified atom stereocenters. The third kappa shape index (κ3) is 7.60. The molecule has 2 atom stereocenters. The van der Waals surface area contributed by atoms with Gasteiger partial charge in [0.1, 0.15) is 23.8 Å². The number of anilines is 3. The van der Waals surface area contributed by atoms with Gasteiger partial charge in [-0.25, -0.2) is 13.9 Å². The molecule has 1 aliphatic heterocycles. The molecular weight excluding hydrogens is 579 g/mol. The number of Topliss-reactive ketones (excluding diaryl/α,β-unsaturated/α-hetero) is 1. The van der Waals surface area contributed by atoms with Crippen LogP contribution in [0, 0.1) is 11.3 Å². The molecule has 1 fully saturated rings. The van der Waals surface area contributed by atoms with Crippen LogP contribution in [0.15, 0.2) is 55.0 Å². The van der Waals surface area contributed by atoms with Gasteiger partial charge in [0.25, 0.3) is 5.91 Å². The molecule has 0 radical (unpaired) electrons. The summed E-state index contributed by atoms with van der Waals surface area (Å²) in [6, 6.07) is 12.8. The van der Waals surface area contributed by atoms with Crippen molar-refractivity contribution < 1.29 is 23.8 Å². The van der Waals surface area contributed by atoms with Crippen LogP contribution in [0.25, 0.3) is 16.9 Å². The summed E-state index contributed by atoms with van der Waals surface area (Å²) in [5.41, 5.74) is 1.80. The molecule has 0 aromatic carbocycles. The van der Waals surface area contributed by atoms with Gasteiger partial charge in [0, 0.05) is 25.7 Å². The summed E-state index contributed by atoms with van der Waals surface area (Å²) < 4.78 is 21.9. The third-order valence-corrected chi connectivity index (χ3v) is 7.56. The van der Waals surface area contributed by atoms with Crippen molar-refractivity contribution in [2.75, 3.05) is 36.5 Å². The Balaban J connectivity index is 1.40. The van der Waals surface area contributed by atoms with Crippen LogP contribution in [-0.4, -0.2) is 80.5 Å². The Morgan fingerprint density at radius 1 is 1.20 bits per heavy atom. The van der Waals surface area contributed by atoms with Crippen molar-refractivity contribution in [2.45, 2.75) is 51.5 Å². The van der Waals surface area contributed by atoms with E-state index < -0.39 is 17.7 Å². The topological polar surface area (TPSA) is 158 Å². The Bertz CT molecular complexity index is 1730. The number of carbonyl (C=O) groups is 2. The summed E-state index contributed by atoms with van der Waals surface area (Å²) in [5, 5.41) is 29.3. The highest BCUT2D eigenvalue weighted by Gasteiger charge is 2.27. The van der Waals surface area contributed by atoms with E-state index >= 15 is 0 Å². The number of halogens is 1. The normalized spacial score (nSPS) is 15.8. The maximum Gasteiger partial charge on any atom is 0.255 e. The number of rotatable bonds is 11. The Hall–Kier alpha value is -4.93. The number of ketones is 1. The maximum absolute atomic E-state index is 14.4. The van der Waals surface area contributed by atoms with Crippen molar-refractivity contribution in [3.8, 4) is 17.5 Å². The molecule has 4 aromatic rings. The van der Waals surface area contributed by atoms with Crippen molar-refractivity contribution in [2.24, 2.45) is 0 Å². The van der Waals surface area contributed by atoms with Crippen LogP contribution < -0.4 is 15.5 Å². The number of hydrogen-bond acceptors (Lipinski definition) is 10. The molecule has 0 spiro atoms. The molecule has 3 N–H and O–H groups in total. The summed E-state index contributed by atoms with van der Waals surface area (Å²) >= 11 is 0. The number of amides is 1. The van der Waals surface area contributed by atoms with Crippen LogP contribution in [0.2, 0.25) is 0 Å². The van der Waals surface area contributed by atoms with Gasteiger partial charge in [0.15, 0.2) is 0 Å². The summed E-state index contributed by atoms with van der Waals surface area (Å²) in [7, 11) is 0. The van der Waals surface area contributed by atoms with Crippen molar-refractivity contribution in [3.63, 3.8) is 0 Å². The second-order valence-corrected chi connectivity index (χ2v) is 11.6. The fourth-order valence-electron chi connectivity index (χ4n) is 4.93. The van der Waals surface area contributed by atoms with E-state index in [0.717, 1.165) is 5.82 Å². The maximum atomic E-state index is 14.4. The third-order valence-electron chi connectivity index (χ3n) is 7.56. The molecule has 234 valence electrons. The average Bonchev–Trinajstić information content (AvgIpc) is 3.46. The van der Waals surface area contributed by atoms with Gasteiger partial charge in [0.2, 0.25) is 0 Å².